The van der Waals surface area contributed by atoms with E-state index in [0.717, 1.165) is 23.8 Å². The van der Waals surface area contributed by atoms with Crippen LogP contribution >= 0.6 is 22.9 Å². The lowest BCUT2D eigenvalue weighted by atomic mass is 10.1. The molecule has 15 heavy (non-hydrogen) atoms. The third-order valence-electron chi connectivity index (χ3n) is 2.38. The molecule has 0 aliphatic heterocycles. The van der Waals surface area contributed by atoms with Gasteiger partial charge >= 0.3 is 0 Å². The second kappa shape index (κ2) is 5.85. The highest BCUT2D eigenvalue weighted by Crippen LogP contribution is 2.21. The van der Waals surface area contributed by atoms with E-state index in [4.69, 9.17) is 16.3 Å². The first-order chi connectivity index (χ1) is 7.03. The number of rotatable bonds is 6. The van der Waals surface area contributed by atoms with Gasteiger partial charge < -0.3 is 10.1 Å². The topological polar surface area (TPSA) is 21.3 Å². The van der Waals surface area contributed by atoms with Crippen molar-refractivity contribution < 1.29 is 4.74 Å². The second-order valence-electron chi connectivity index (χ2n) is 4.10. The predicted molar refractivity (Wildman–Crippen MR) is 66.7 cm³/mol. The number of nitrogens with one attached hydrogen (secondary N) is 1. The van der Waals surface area contributed by atoms with Crippen molar-refractivity contribution in [2.24, 2.45) is 0 Å². The normalized spacial score (nSPS) is 12.0. The quantitative estimate of drug-likeness (QED) is 0.779. The van der Waals surface area contributed by atoms with Gasteiger partial charge in [-0.25, -0.2) is 0 Å². The summed E-state index contributed by atoms with van der Waals surface area (Å²) in [5.74, 6) is 0. The molecule has 0 saturated heterocycles. The van der Waals surface area contributed by atoms with Gasteiger partial charge in [0.1, 0.15) is 0 Å². The van der Waals surface area contributed by atoms with Gasteiger partial charge in [-0.2, -0.15) is 0 Å². The average molecular weight is 248 g/mol. The summed E-state index contributed by atoms with van der Waals surface area (Å²) in [6, 6.07) is 3.99. The van der Waals surface area contributed by atoms with Crippen molar-refractivity contribution in [1.29, 1.82) is 0 Å². The van der Waals surface area contributed by atoms with Gasteiger partial charge in [-0.15, -0.1) is 11.3 Å². The lowest BCUT2D eigenvalue weighted by molar-refractivity contribution is 0.0158. The van der Waals surface area contributed by atoms with E-state index in [0.29, 0.717) is 0 Å². The van der Waals surface area contributed by atoms with Gasteiger partial charge in [0.25, 0.3) is 0 Å². The van der Waals surface area contributed by atoms with Gasteiger partial charge in [0.05, 0.1) is 9.94 Å². The molecule has 2 nitrogen and oxygen atoms in total. The van der Waals surface area contributed by atoms with Gasteiger partial charge in [0.15, 0.2) is 0 Å². The van der Waals surface area contributed by atoms with Gasteiger partial charge in [0, 0.05) is 18.5 Å². The van der Waals surface area contributed by atoms with E-state index in [1.165, 1.54) is 4.88 Å². The Bertz CT molecular complexity index is 299. The minimum atomic E-state index is -0.0416. The fourth-order valence-electron chi connectivity index (χ4n) is 1.15. The highest BCUT2D eigenvalue weighted by atomic mass is 35.5. The lowest BCUT2D eigenvalue weighted by Crippen LogP contribution is -2.28. The van der Waals surface area contributed by atoms with Crippen molar-refractivity contribution in [1.82, 2.24) is 5.32 Å². The first-order valence-electron chi connectivity index (χ1n) is 5.03. The first kappa shape index (κ1) is 13.0. The number of halogens is 1. The van der Waals surface area contributed by atoms with Crippen LogP contribution in [-0.4, -0.2) is 19.3 Å². The number of hydrogen-bond donors (Lipinski definition) is 1. The Hall–Kier alpha value is -0.0900. The summed E-state index contributed by atoms with van der Waals surface area (Å²) in [5.41, 5.74) is -0.0416. The largest absolute Gasteiger partial charge is 0.379 e. The van der Waals surface area contributed by atoms with Crippen LogP contribution in [0.2, 0.25) is 4.34 Å². The fourth-order valence-corrected chi connectivity index (χ4v) is 2.21. The smallest absolute Gasteiger partial charge is 0.0931 e. The SMILES string of the molecule is COC(C)(C)CCNCc1ccc(Cl)s1. The molecule has 1 rings (SSSR count). The number of ether oxygens (including phenoxy) is 1. The summed E-state index contributed by atoms with van der Waals surface area (Å²) in [5, 5.41) is 3.38. The summed E-state index contributed by atoms with van der Waals surface area (Å²) >= 11 is 7.46. The van der Waals surface area contributed by atoms with Crippen LogP contribution in [0.5, 0.6) is 0 Å². The van der Waals surface area contributed by atoms with E-state index in [9.17, 15) is 0 Å². The summed E-state index contributed by atoms with van der Waals surface area (Å²) in [6.45, 7) is 6.03. The molecule has 1 N–H and O–H groups in total. The van der Waals surface area contributed by atoms with Gasteiger partial charge in [0.2, 0.25) is 0 Å². The monoisotopic (exact) mass is 247 g/mol. The Morgan fingerprint density at radius 1 is 1.47 bits per heavy atom. The van der Waals surface area contributed by atoms with Crippen molar-refractivity contribution in [3.8, 4) is 0 Å². The molecule has 0 saturated carbocycles. The number of methoxy groups -OCH3 is 1. The van der Waals surface area contributed by atoms with Crippen LogP contribution in [0.25, 0.3) is 0 Å². The predicted octanol–water partition coefficient (Wildman–Crippen LogP) is 3.31. The highest BCUT2D eigenvalue weighted by Gasteiger charge is 2.14. The molecule has 0 amide bonds. The van der Waals surface area contributed by atoms with Crippen molar-refractivity contribution in [2.75, 3.05) is 13.7 Å². The van der Waals surface area contributed by atoms with Crippen molar-refractivity contribution in [3.05, 3.63) is 21.3 Å². The molecule has 0 bridgehead atoms. The summed E-state index contributed by atoms with van der Waals surface area (Å²) in [4.78, 5) is 1.27. The zero-order chi connectivity index (χ0) is 11.3. The number of hydrogen-bond acceptors (Lipinski definition) is 3. The third-order valence-corrected chi connectivity index (χ3v) is 3.62. The maximum absolute atomic E-state index is 5.84. The van der Waals surface area contributed by atoms with E-state index in [1.54, 1.807) is 18.4 Å². The zero-order valence-corrected chi connectivity index (χ0v) is 11.0. The highest BCUT2D eigenvalue weighted by molar-refractivity contribution is 7.16. The summed E-state index contributed by atoms with van der Waals surface area (Å²) in [6.07, 6.45) is 1.00. The molecule has 0 radical (unpaired) electrons. The van der Waals surface area contributed by atoms with Crippen molar-refractivity contribution in [3.63, 3.8) is 0 Å². The van der Waals surface area contributed by atoms with Crippen LogP contribution in [0.1, 0.15) is 25.1 Å². The van der Waals surface area contributed by atoms with Gasteiger partial charge in [-0.05, 0) is 38.9 Å². The second-order valence-corrected chi connectivity index (χ2v) is 5.90. The minimum Gasteiger partial charge on any atom is -0.379 e. The number of thiophene rings is 1. The molecule has 4 heteroatoms. The van der Waals surface area contributed by atoms with Crippen LogP contribution in [0.4, 0.5) is 0 Å². The zero-order valence-electron chi connectivity index (χ0n) is 9.47. The molecule has 0 aliphatic carbocycles. The molecule has 86 valence electrons. The van der Waals surface area contributed by atoms with Crippen LogP contribution < -0.4 is 5.32 Å². The van der Waals surface area contributed by atoms with Crippen LogP contribution in [0.3, 0.4) is 0 Å². The van der Waals surface area contributed by atoms with E-state index >= 15 is 0 Å². The molecule has 0 unspecified atom stereocenters. The Labute approximate surface area is 101 Å². The van der Waals surface area contributed by atoms with E-state index in [1.807, 2.05) is 6.07 Å². The molecule has 0 spiro atoms. The minimum absolute atomic E-state index is 0.0416. The Kier molecular flexibility index (Phi) is 5.06. The molecule has 0 aliphatic rings. The van der Waals surface area contributed by atoms with Crippen LogP contribution in [-0.2, 0) is 11.3 Å². The van der Waals surface area contributed by atoms with Crippen LogP contribution in [0, 0.1) is 0 Å². The molecule has 1 aromatic rings. The van der Waals surface area contributed by atoms with Crippen molar-refractivity contribution >= 4 is 22.9 Å². The van der Waals surface area contributed by atoms with E-state index in [-0.39, 0.29) is 5.60 Å². The molecule has 1 aromatic heterocycles. The summed E-state index contributed by atoms with van der Waals surface area (Å²) in [7, 11) is 1.75. The maximum Gasteiger partial charge on any atom is 0.0931 e. The summed E-state index contributed by atoms with van der Waals surface area (Å²) < 4.78 is 6.19. The first-order valence-corrected chi connectivity index (χ1v) is 6.23. The van der Waals surface area contributed by atoms with E-state index in [2.05, 4.69) is 25.2 Å². The Morgan fingerprint density at radius 2 is 2.20 bits per heavy atom. The third kappa shape index (κ3) is 4.98. The van der Waals surface area contributed by atoms with Crippen molar-refractivity contribution in [2.45, 2.75) is 32.4 Å². The molecular weight excluding hydrogens is 230 g/mol. The lowest BCUT2D eigenvalue weighted by Gasteiger charge is -2.22. The molecule has 0 atom stereocenters. The molecule has 0 aromatic carbocycles. The van der Waals surface area contributed by atoms with E-state index < -0.39 is 0 Å². The van der Waals surface area contributed by atoms with Crippen LogP contribution in [0.15, 0.2) is 12.1 Å². The molecule has 0 fully saturated rings. The van der Waals surface area contributed by atoms with Gasteiger partial charge in [-0.1, -0.05) is 11.6 Å². The maximum atomic E-state index is 5.84. The molecule has 1 heterocycles. The fraction of sp³-hybridized carbons (Fsp3) is 0.636. The standard InChI is InChI=1S/C11H18ClNOS/c1-11(2,14-3)6-7-13-8-9-4-5-10(12)15-9/h4-5,13H,6-8H2,1-3H3. The molecular formula is C11H18ClNOS. The Morgan fingerprint density at radius 3 is 2.73 bits per heavy atom. The average Bonchev–Trinajstić information content (AvgIpc) is 2.59. The Balaban J connectivity index is 2.17. The van der Waals surface area contributed by atoms with Gasteiger partial charge in [-0.3, -0.25) is 0 Å².